The monoisotopic (exact) mass is 243 g/mol. The van der Waals surface area contributed by atoms with E-state index in [4.69, 9.17) is 10.3 Å². The number of nitrogens with zero attached hydrogens (tertiary/aromatic N) is 2. The molecule has 0 saturated heterocycles. The summed E-state index contributed by atoms with van der Waals surface area (Å²) in [5.74, 6) is 1.99. The molecule has 1 aliphatic carbocycles. The lowest BCUT2D eigenvalue weighted by Gasteiger charge is -2.20. The molecule has 0 amide bonds. The van der Waals surface area contributed by atoms with Crippen LogP contribution in [0, 0.1) is 0 Å². The summed E-state index contributed by atoms with van der Waals surface area (Å²) in [5.41, 5.74) is 7.81. The van der Waals surface area contributed by atoms with E-state index in [1.807, 2.05) is 18.2 Å². The largest absolute Gasteiger partial charge is 0.334 e. The fraction of sp³-hybridized carbons (Fsp3) is 0.429. The molecule has 0 spiro atoms. The highest BCUT2D eigenvalue weighted by Gasteiger charge is 2.25. The third-order valence-electron chi connectivity index (χ3n) is 3.57. The van der Waals surface area contributed by atoms with E-state index in [1.165, 1.54) is 24.8 Å². The number of hydrogen-bond donors (Lipinski definition) is 1. The summed E-state index contributed by atoms with van der Waals surface area (Å²) in [4.78, 5) is 4.53. The van der Waals surface area contributed by atoms with Gasteiger partial charge >= 0.3 is 0 Å². The van der Waals surface area contributed by atoms with E-state index in [-0.39, 0.29) is 0 Å². The van der Waals surface area contributed by atoms with Gasteiger partial charge in [-0.3, -0.25) is 0 Å². The van der Waals surface area contributed by atoms with Gasteiger partial charge < -0.3 is 10.3 Å². The Balaban J connectivity index is 1.91. The van der Waals surface area contributed by atoms with Crippen molar-refractivity contribution in [3.63, 3.8) is 0 Å². The van der Waals surface area contributed by atoms with Crippen LogP contribution in [0.2, 0.25) is 0 Å². The van der Waals surface area contributed by atoms with E-state index in [0.29, 0.717) is 18.4 Å². The van der Waals surface area contributed by atoms with E-state index in [0.717, 1.165) is 17.8 Å². The zero-order valence-electron chi connectivity index (χ0n) is 10.3. The molecule has 2 N–H and O–H groups in total. The molecule has 0 radical (unpaired) electrons. The molecular formula is C14H17N3O. The molecule has 4 heteroatoms. The van der Waals surface area contributed by atoms with Gasteiger partial charge in [0, 0.05) is 11.5 Å². The Morgan fingerprint density at radius 2 is 2.11 bits per heavy atom. The summed E-state index contributed by atoms with van der Waals surface area (Å²) < 4.78 is 5.39. The molecule has 1 aliphatic rings. The molecule has 3 rings (SSSR count). The summed E-state index contributed by atoms with van der Waals surface area (Å²) in [6, 6.07) is 8.08. The smallest absolute Gasteiger partial charge is 0.258 e. The Morgan fingerprint density at radius 3 is 2.83 bits per heavy atom. The first-order valence-corrected chi connectivity index (χ1v) is 6.50. The number of aromatic nitrogens is 2. The fourth-order valence-corrected chi connectivity index (χ4v) is 2.28. The van der Waals surface area contributed by atoms with Crippen LogP contribution < -0.4 is 5.73 Å². The van der Waals surface area contributed by atoms with Crippen molar-refractivity contribution in [2.75, 3.05) is 6.54 Å². The van der Waals surface area contributed by atoms with Gasteiger partial charge in [0.25, 0.3) is 5.89 Å². The van der Waals surface area contributed by atoms with Crippen molar-refractivity contribution in [3.8, 4) is 11.5 Å². The van der Waals surface area contributed by atoms with Crippen LogP contribution in [-0.2, 0) is 6.42 Å². The average molecular weight is 243 g/mol. The molecule has 2 aromatic rings. The van der Waals surface area contributed by atoms with E-state index >= 15 is 0 Å². The summed E-state index contributed by atoms with van der Waals surface area (Å²) >= 11 is 0. The molecule has 1 heterocycles. The summed E-state index contributed by atoms with van der Waals surface area (Å²) in [6.45, 7) is 0.626. The highest BCUT2D eigenvalue weighted by atomic mass is 16.5. The second kappa shape index (κ2) is 4.90. The minimum absolute atomic E-state index is 0.504. The molecule has 1 fully saturated rings. The number of rotatable bonds is 4. The first kappa shape index (κ1) is 11.4. The second-order valence-corrected chi connectivity index (χ2v) is 4.78. The predicted octanol–water partition coefficient (Wildman–Crippen LogP) is 2.51. The molecular weight excluding hydrogens is 226 g/mol. The van der Waals surface area contributed by atoms with E-state index in [2.05, 4.69) is 16.2 Å². The van der Waals surface area contributed by atoms with Crippen LogP contribution in [0.3, 0.4) is 0 Å². The maximum Gasteiger partial charge on any atom is 0.258 e. The van der Waals surface area contributed by atoms with Crippen molar-refractivity contribution in [2.45, 2.75) is 31.6 Å². The van der Waals surface area contributed by atoms with Gasteiger partial charge in [0.15, 0.2) is 5.82 Å². The SMILES string of the molecule is NCCc1ccccc1-c1nc(C2CCC2)no1. The topological polar surface area (TPSA) is 64.9 Å². The van der Waals surface area contributed by atoms with Gasteiger partial charge in [0.1, 0.15) is 0 Å². The zero-order valence-corrected chi connectivity index (χ0v) is 10.3. The summed E-state index contributed by atoms with van der Waals surface area (Å²) in [5, 5.41) is 4.10. The molecule has 94 valence electrons. The maximum absolute atomic E-state index is 5.62. The molecule has 0 aliphatic heterocycles. The zero-order chi connectivity index (χ0) is 12.4. The normalized spacial score (nSPS) is 15.6. The lowest BCUT2D eigenvalue weighted by molar-refractivity contribution is 0.366. The van der Waals surface area contributed by atoms with E-state index in [9.17, 15) is 0 Å². The minimum Gasteiger partial charge on any atom is -0.334 e. The van der Waals surface area contributed by atoms with Crippen molar-refractivity contribution in [1.29, 1.82) is 0 Å². The van der Waals surface area contributed by atoms with Crippen molar-refractivity contribution in [3.05, 3.63) is 35.7 Å². The Bertz CT molecular complexity index is 531. The van der Waals surface area contributed by atoms with Gasteiger partial charge in [-0.15, -0.1) is 0 Å². The number of nitrogens with two attached hydrogens (primary N) is 1. The van der Waals surface area contributed by atoms with Crippen LogP contribution in [0.5, 0.6) is 0 Å². The molecule has 1 saturated carbocycles. The third kappa shape index (κ3) is 2.04. The highest BCUT2D eigenvalue weighted by molar-refractivity contribution is 5.58. The molecule has 4 nitrogen and oxygen atoms in total. The third-order valence-corrected chi connectivity index (χ3v) is 3.57. The fourth-order valence-electron chi connectivity index (χ4n) is 2.28. The van der Waals surface area contributed by atoms with Gasteiger partial charge in [-0.1, -0.05) is 29.8 Å². The van der Waals surface area contributed by atoms with Gasteiger partial charge in [0.2, 0.25) is 0 Å². The van der Waals surface area contributed by atoms with Crippen LogP contribution in [0.15, 0.2) is 28.8 Å². The lowest BCUT2D eigenvalue weighted by Crippen LogP contribution is -2.10. The van der Waals surface area contributed by atoms with E-state index < -0.39 is 0 Å². The average Bonchev–Trinajstić information content (AvgIpc) is 2.77. The van der Waals surface area contributed by atoms with Crippen molar-refractivity contribution < 1.29 is 4.52 Å². The van der Waals surface area contributed by atoms with Crippen LogP contribution >= 0.6 is 0 Å². The first-order valence-electron chi connectivity index (χ1n) is 6.50. The lowest BCUT2D eigenvalue weighted by atomic mass is 9.85. The van der Waals surface area contributed by atoms with Crippen LogP contribution in [0.4, 0.5) is 0 Å². The second-order valence-electron chi connectivity index (χ2n) is 4.78. The van der Waals surface area contributed by atoms with Crippen molar-refractivity contribution >= 4 is 0 Å². The van der Waals surface area contributed by atoms with Gasteiger partial charge in [-0.05, 0) is 37.4 Å². The molecule has 1 aromatic carbocycles. The quantitative estimate of drug-likeness (QED) is 0.896. The molecule has 18 heavy (non-hydrogen) atoms. The summed E-state index contributed by atoms with van der Waals surface area (Å²) in [6.07, 6.45) is 4.47. The standard InChI is InChI=1S/C14H17N3O/c15-9-8-10-4-1-2-7-12(10)14-16-13(17-18-14)11-5-3-6-11/h1-2,4,7,11H,3,5-6,8-9,15H2. The van der Waals surface area contributed by atoms with Crippen molar-refractivity contribution in [2.24, 2.45) is 5.73 Å². The first-order chi connectivity index (χ1) is 8.88. The van der Waals surface area contributed by atoms with Gasteiger partial charge in [-0.2, -0.15) is 4.98 Å². The van der Waals surface area contributed by atoms with Crippen molar-refractivity contribution in [1.82, 2.24) is 10.1 Å². The molecule has 0 unspecified atom stereocenters. The van der Waals surface area contributed by atoms with Gasteiger partial charge in [0.05, 0.1) is 0 Å². The van der Waals surface area contributed by atoms with Crippen LogP contribution in [0.25, 0.3) is 11.5 Å². The summed E-state index contributed by atoms with van der Waals surface area (Å²) in [7, 11) is 0. The van der Waals surface area contributed by atoms with Crippen LogP contribution in [-0.4, -0.2) is 16.7 Å². The molecule has 1 aromatic heterocycles. The maximum atomic E-state index is 5.62. The molecule has 0 atom stereocenters. The number of hydrogen-bond acceptors (Lipinski definition) is 4. The van der Waals surface area contributed by atoms with Gasteiger partial charge in [-0.25, -0.2) is 0 Å². The minimum atomic E-state index is 0.504. The molecule has 0 bridgehead atoms. The Morgan fingerprint density at radius 1 is 1.28 bits per heavy atom. The predicted molar refractivity (Wildman–Crippen MR) is 69.1 cm³/mol. The highest BCUT2D eigenvalue weighted by Crippen LogP contribution is 2.35. The number of benzene rings is 1. The Labute approximate surface area is 106 Å². The van der Waals surface area contributed by atoms with E-state index in [1.54, 1.807) is 0 Å². The Kier molecular flexibility index (Phi) is 3.11. The van der Waals surface area contributed by atoms with Crippen LogP contribution in [0.1, 0.15) is 36.6 Å². The Hall–Kier alpha value is -1.68.